The van der Waals surface area contributed by atoms with Crippen LogP contribution in [-0.2, 0) is 33.5 Å². The molecule has 23 heavy (non-hydrogen) atoms. The molecule has 0 fully saturated rings. The fraction of sp³-hybridized carbons (Fsp3) is 0.412. The predicted molar refractivity (Wildman–Crippen MR) is 87.7 cm³/mol. The van der Waals surface area contributed by atoms with Gasteiger partial charge in [-0.1, -0.05) is 24.3 Å². The number of nitrogens with one attached hydrogen (secondary N) is 2. The maximum atomic E-state index is 12.5. The molecule has 4 rings (SSSR count). The first-order valence-corrected chi connectivity index (χ1v) is 8.00. The third kappa shape index (κ3) is 2.13. The number of quaternary nitrogens is 1. The maximum Gasteiger partial charge on any atom is 0.332 e. The SMILES string of the molecule is Cn1c2c(c(=O)n(C)c1=O)C[NH+](C1Cc3ccccc3C1)CN2. The van der Waals surface area contributed by atoms with Crippen molar-refractivity contribution in [1.29, 1.82) is 0 Å². The first-order chi connectivity index (χ1) is 11.1. The molecule has 2 heterocycles. The number of rotatable bonds is 1. The van der Waals surface area contributed by atoms with Crippen LogP contribution < -0.4 is 21.5 Å². The fourth-order valence-electron chi connectivity index (χ4n) is 3.92. The molecular formula is C17H21N4O2+. The van der Waals surface area contributed by atoms with Gasteiger partial charge in [-0.05, 0) is 11.1 Å². The molecule has 6 heteroatoms. The minimum Gasteiger partial charge on any atom is -0.324 e. The van der Waals surface area contributed by atoms with Gasteiger partial charge in [-0.15, -0.1) is 0 Å². The first kappa shape index (κ1) is 14.3. The molecule has 1 aromatic heterocycles. The van der Waals surface area contributed by atoms with E-state index in [1.54, 1.807) is 14.1 Å². The molecule has 2 aliphatic rings. The van der Waals surface area contributed by atoms with E-state index in [0.717, 1.165) is 19.5 Å². The standard InChI is InChI=1S/C17H20N4O2/c1-19-15-14(16(22)20(2)17(19)23)9-21(10-18-15)13-7-11-5-3-4-6-12(11)8-13/h3-6,13,18H,7-10H2,1-2H3/p+1. The van der Waals surface area contributed by atoms with E-state index in [4.69, 9.17) is 0 Å². The minimum absolute atomic E-state index is 0.177. The molecule has 1 atom stereocenters. The number of nitrogens with zero attached hydrogens (tertiary/aromatic N) is 2. The quantitative estimate of drug-likeness (QED) is 0.711. The van der Waals surface area contributed by atoms with Crippen molar-refractivity contribution < 1.29 is 4.90 Å². The van der Waals surface area contributed by atoms with E-state index in [1.165, 1.54) is 25.2 Å². The van der Waals surface area contributed by atoms with E-state index in [0.29, 0.717) is 24.0 Å². The van der Waals surface area contributed by atoms with Crippen LogP contribution in [0.2, 0.25) is 0 Å². The van der Waals surface area contributed by atoms with E-state index in [1.807, 2.05) is 0 Å². The lowest BCUT2D eigenvalue weighted by molar-refractivity contribution is -0.936. The van der Waals surface area contributed by atoms with Gasteiger partial charge in [0.05, 0.1) is 6.04 Å². The third-order valence-electron chi connectivity index (χ3n) is 5.27. The highest BCUT2D eigenvalue weighted by Crippen LogP contribution is 2.21. The predicted octanol–water partition coefficient (Wildman–Crippen LogP) is -0.981. The number of benzene rings is 1. The summed E-state index contributed by atoms with van der Waals surface area (Å²) in [4.78, 5) is 25.9. The molecule has 0 bridgehead atoms. The van der Waals surface area contributed by atoms with Gasteiger partial charge in [0.2, 0.25) is 0 Å². The van der Waals surface area contributed by atoms with Crippen LogP contribution in [0.1, 0.15) is 16.7 Å². The molecule has 0 radical (unpaired) electrons. The molecule has 1 unspecified atom stereocenters. The lowest BCUT2D eigenvalue weighted by Gasteiger charge is -2.31. The van der Waals surface area contributed by atoms with Crippen LogP contribution in [0.4, 0.5) is 5.82 Å². The summed E-state index contributed by atoms with van der Waals surface area (Å²) in [6.45, 7) is 1.41. The normalized spacial score (nSPS) is 20.0. The van der Waals surface area contributed by atoms with Gasteiger partial charge in [-0.25, -0.2) is 4.79 Å². The molecule has 6 nitrogen and oxygen atoms in total. The van der Waals surface area contributed by atoms with Crippen LogP contribution in [0.3, 0.4) is 0 Å². The lowest BCUT2D eigenvalue weighted by atomic mass is 10.1. The maximum absolute atomic E-state index is 12.5. The van der Waals surface area contributed by atoms with Gasteiger partial charge in [-0.3, -0.25) is 13.9 Å². The smallest absolute Gasteiger partial charge is 0.324 e. The highest BCUT2D eigenvalue weighted by Gasteiger charge is 2.34. The average Bonchev–Trinajstić information content (AvgIpc) is 3.01. The zero-order chi connectivity index (χ0) is 16.1. The molecule has 0 saturated carbocycles. The average molecular weight is 313 g/mol. The molecule has 0 spiro atoms. The molecule has 0 saturated heterocycles. The second kappa shape index (κ2) is 5.09. The molecule has 0 amide bonds. The Kier molecular flexibility index (Phi) is 3.16. The molecular weight excluding hydrogens is 292 g/mol. The summed E-state index contributed by atoms with van der Waals surface area (Å²) < 4.78 is 2.74. The fourth-order valence-corrected chi connectivity index (χ4v) is 3.92. The lowest BCUT2D eigenvalue weighted by Crippen LogP contribution is -3.16. The number of anilines is 1. The third-order valence-corrected chi connectivity index (χ3v) is 5.27. The van der Waals surface area contributed by atoms with Crippen molar-refractivity contribution in [3.05, 3.63) is 61.8 Å². The zero-order valence-corrected chi connectivity index (χ0v) is 13.4. The van der Waals surface area contributed by atoms with Crippen LogP contribution in [0.25, 0.3) is 0 Å². The second-order valence-corrected chi connectivity index (χ2v) is 6.60. The molecule has 1 aromatic carbocycles. The van der Waals surface area contributed by atoms with Gasteiger partial charge in [0.1, 0.15) is 17.9 Å². The largest absolute Gasteiger partial charge is 0.332 e. The number of hydrogen-bond acceptors (Lipinski definition) is 3. The van der Waals surface area contributed by atoms with Crippen molar-refractivity contribution in [2.75, 3.05) is 12.0 Å². The van der Waals surface area contributed by atoms with Crippen LogP contribution in [-0.4, -0.2) is 21.8 Å². The van der Waals surface area contributed by atoms with E-state index < -0.39 is 0 Å². The van der Waals surface area contributed by atoms with Gasteiger partial charge < -0.3 is 10.2 Å². The number of aromatic nitrogens is 2. The van der Waals surface area contributed by atoms with Gasteiger partial charge in [0, 0.05) is 26.9 Å². The van der Waals surface area contributed by atoms with Crippen molar-refractivity contribution in [1.82, 2.24) is 9.13 Å². The Morgan fingerprint density at radius 3 is 2.39 bits per heavy atom. The summed E-state index contributed by atoms with van der Waals surface area (Å²) in [6.07, 6.45) is 2.10. The van der Waals surface area contributed by atoms with E-state index in [9.17, 15) is 9.59 Å². The van der Waals surface area contributed by atoms with Gasteiger partial charge in [0.15, 0.2) is 6.67 Å². The Bertz CT molecular complexity index is 871. The molecule has 2 N–H and O–H groups in total. The second-order valence-electron chi connectivity index (χ2n) is 6.60. The van der Waals surface area contributed by atoms with Gasteiger partial charge in [0.25, 0.3) is 5.56 Å². The van der Waals surface area contributed by atoms with E-state index in [2.05, 4.69) is 29.6 Å². The minimum atomic E-state index is -0.280. The Morgan fingerprint density at radius 2 is 1.74 bits per heavy atom. The van der Waals surface area contributed by atoms with Crippen molar-refractivity contribution in [2.45, 2.75) is 25.4 Å². The Labute approximate surface area is 134 Å². The van der Waals surface area contributed by atoms with Gasteiger partial charge >= 0.3 is 5.69 Å². The van der Waals surface area contributed by atoms with Crippen molar-refractivity contribution in [3.8, 4) is 0 Å². The molecule has 1 aliphatic carbocycles. The van der Waals surface area contributed by atoms with E-state index in [-0.39, 0.29) is 11.2 Å². The summed E-state index contributed by atoms with van der Waals surface area (Å²) in [5.74, 6) is 0.678. The Morgan fingerprint density at radius 1 is 1.09 bits per heavy atom. The summed E-state index contributed by atoms with van der Waals surface area (Å²) >= 11 is 0. The van der Waals surface area contributed by atoms with Crippen LogP contribution in [0.15, 0.2) is 33.9 Å². The monoisotopic (exact) mass is 313 g/mol. The summed E-state index contributed by atoms with van der Waals surface area (Å²) in [6, 6.07) is 9.05. The van der Waals surface area contributed by atoms with Crippen LogP contribution in [0.5, 0.6) is 0 Å². The first-order valence-electron chi connectivity index (χ1n) is 8.00. The summed E-state index contributed by atoms with van der Waals surface area (Å²) in [5.41, 5.74) is 3.10. The van der Waals surface area contributed by atoms with Crippen LogP contribution >= 0.6 is 0 Å². The van der Waals surface area contributed by atoms with Crippen molar-refractivity contribution >= 4 is 5.82 Å². The Balaban J connectivity index is 1.66. The Hall–Kier alpha value is -2.34. The molecule has 120 valence electrons. The van der Waals surface area contributed by atoms with Crippen molar-refractivity contribution in [3.63, 3.8) is 0 Å². The topological polar surface area (TPSA) is 60.5 Å². The van der Waals surface area contributed by atoms with E-state index >= 15 is 0 Å². The van der Waals surface area contributed by atoms with Gasteiger partial charge in [-0.2, -0.15) is 0 Å². The zero-order valence-electron chi connectivity index (χ0n) is 13.4. The summed E-state index contributed by atoms with van der Waals surface area (Å²) in [5, 5.41) is 3.31. The highest BCUT2D eigenvalue weighted by atomic mass is 16.2. The molecule has 2 aromatic rings. The van der Waals surface area contributed by atoms with Crippen LogP contribution in [0, 0.1) is 0 Å². The highest BCUT2D eigenvalue weighted by molar-refractivity contribution is 5.44. The number of hydrogen-bond donors (Lipinski definition) is 2. The molecule has 1 aliphatic heterocycles. The number of fused-ring (bicyclic) bond motifs is 2. The summed E-state index contributed by atoms with van der Waals surface area (Å²) in [7, 11) is 3.26. The van der Waals surface area contributed by atoms with Crippen molar-refractivity contribution in [2.24, 2.45) is 14.1 Å².